The molecule has 0 saturated heterocycles. The van der Waals surface area contributed by atoms with Gasteiger partial charge in [0.25, 0.3) is 0 Å². The lowest BCUT2D eigenvalue weighted by atomic mass is 10.2. The average molecular weight is 496 g/mol. The summed E-state index contributed by atoms with van der Waals surface area (Å²) in [6, 6.07) is 10.2. The second kappa shape index (κ2) is 11.0. The van der Waals surface area contributed by atoms with Crippen molar-refractivity contribution in [2.45, 2.75) is 26.8 Å². The number of nitrogens with zero attached hydrogens (tertiary/aromatic N) is 4. The summed E-state index contributed by atoms with van der Waals surface area (Å²) < 4.78 is 1.85. The number of hydrogen-bond donors (Lipinski definition) is 2. The second-order valence-electron chi connectivity index (χ2n) is 5.85. The molecule has 1 aromatic carbocycles. The lowest BCUT2D eigenvalue weighted by Gasteiger charge is -2.11. The maximum Gasteiger partial charge on any atom is 0.191 e. The van der Waals surface area contributed by atoms with Crippen LogP contribution in [0, 0.1) is 6.92 Å². The lowest BCUT2D eigenvalue weighted by molar-refractivity contribution is 0.790. The molecule has 0 bridgehead atoms. The number of halogens is 1. The molecule has 0 radical (unpaired) electrons. The van der Waals surface area contributed by atoms with Crippen LogP contribution in [-0.4, -0.2) is 33.8 Å². The van der Waals surface area contributed by atoms with Crippen molar-refractivity contribution in [2.75, 3.05) is 13.1 Å². The third kappa shape index (κ3) is 6.62. The molecular weight excluding hydrogens is 471 g/mol. The molecule has 8 heteroatoms. The maximum absolute atomic E-state index is 4.67. The van der Waals surface area contributed by atoms with Crippen LogP contribution in [0.4, 0.5) is 0 Å². The Hall–Kier alpha value is -1.94. The zero-order valence-corrected chi connectivity index (χ0v) is 18.7. The van der Waals surface area contributed by atoms with E-state index in [0.29, 0.717) is 6.54 Å². The highest BCUT2D eigenvalue weighted by Crippen LogP contribution is 2.10. The van der Waals surface area contributed by atoms with Gasteiger partial charge in [-0.25, -0.2) is 14.7 Å². The van der Waals surface area contributed by atoms with Crippen molar-refractivity contribution in [1.82, 2.24) is 25.4 Å². The first-order chi connectivity index (χ1) is 12.7. The van der Waals surface area contributed by atoms with E-state index in [-0.39, 0.29) is 24.0 Å². The van der Waals surface area contributed by atoms with E-state index in [0.717, 1.165) is 47.4 Å². The molecule has 27 heavy (non-hydrogen) atoms. The van der Waals surface area contributed by atoms with Gasteiger partial charge in [0, 0.05) is 37.3 Å². The average Bonchev–Trinajstić information content (AvgIpc) is 3.32. The van der Waals surface area contributed by atoms with E-state index in [1.165, 1.54) is 0 Å². The smallest absolute Gasteiger partial charge is 0.191 e. The van der Waals surface area contributed by atoms with Crippen molar-refractivity contribution in [3.8, 4) is 5.69 Å². The third-order valence-corrected chi connectivity index (χ3v) is 4.63. The lowest BCUT2D eigenvalue weighted by Crippen LogP contribution is -2.38. The number of rotatable bonds is 7. The summed E-state index contributed by atoms with van der Waals surface area (Å²) in [6.07, 6.45) is 4.61. The van der Waals surface area contributed by atoms with Gasteiger partial charge in [-0.3, -0.25) is 0 Å². The zero-order valence-electron chi connectivity index (χ0n) is 15.6. The number of aromatic nitrogens is 3. The molecular formula is C19H25IN6S. The summed E-state index contributed by atoms with van der Waals surface area (Å²) in [7, 11) is 0. The molecule has 0 amide bonds. The summed E-state index contributed by atoms with van der Waals surface area (Å²) in [4.78, 5) is 9.15. The van der Waals surface area contributed by atoms with Crippen molar-refractivity contribution >= 4 is 41.3 Å². The van der Waals surface area contributed by atoms with Crippen molar-refractivity contribution in [1.29, 1.82) is 0 Å². The number of hydrogen-bond acceptors (Lipinski definition) is 4. The fourth-order valence-electron chi connectivity index (χ4n) is 2.52. The molecule has 6 nitrogen and oxygen atoms in total. The van der Waals surface area contributed by atoms with Crippen LogP contribution >= 0.6 is 35.3 Å². The number of thiazole rings is 1. The Morgan fingerprint density at radius 3 is 2.67 bits per heavy atom. The Labute approximate surface area is 181 Å². The van der Waals surface area contributed by atoms with Crippen molar-refractivity contribution < 1.29 is 0 Å². The second-order valence-corrected chi connectivity index (χ2v) is 6.91. The minimum atomic E-state index is 0. The van der Waals surface area contributed by atoms with Crippen LogP contribution in [0.1, 0.15) is 23.2 Å². The molecule has 144 valence electrons. The Balaban J connectivity index is 0.00000261. The minimum absolute atomic E-state index is 0. The van der Waals surface area contributed by atoms with Crippen molar-refractivity contribution in [3.05, 3.63) is 64.4 Å². The highest BCUT2D eigenvalue weighted by molar-refractivity contribution is 14.0. The normalized spacial score (nSPS) is 11.1. The molecule has 3 rings (SSSR count). The van der Waals surface area contributed by atoms with Gasteiger partial charge in [-0.2, -0.15) is 5.10 Å². The Morgan fingerprint density at radius 1 is 1.22 bits per heavy atom. The summed E-state index contributed by atoms with van der Waals surface area (Å²) in [5.41, 5.74) is 3.34. The Bertz CT molecular complexity index is 826. The maximum atomic E-state index is 4.67. The molecule has 0 fully saturated rings. The predicted molar refractivity (Wildman–Crippen MR) is 122 cm³/mol. The van der Waals surface area contributed by atoms with Gasteiger partial charge in [0.2, 0.25) is 0 Å². The van der Waals surface area contributed by atoms with Crippen LogP contribution in [0.2, 0.25) is 0 Å². The molecule has 0 unspecified atom stereocenters. The summed E-state index contributed by atoms with van der Waals surface area (Å²) >= 11 is 1.69. The van der Waals surface area contributed by atoms with E-state index < -0.39 is 0 Å². The van der Waals surface area contributed by atoms with Gasteiger partial charge in [0.1, 0.15) is 0 Å². The van der Waals surface area contributed by atoms with Crippen LogP contribution in [0.5, 0.6) is 0 Å². The van der Waals surface area contributed by atoms with Gasteiger partial charge in [-0.15, -0.1) is 35.3 Å². The van der Waals surface area contributed by atoms with Crippen LogP contribution < -0.4 is 10.6 Å². The van der Waals surface area contributed by atoms with E-state index in [2.05, 4.69) is 62.3 Å². The minimum Gasteiger partial charge on any atom is -0.357 e. The molecule has 0 saturated carbocycles. The van der Waals surface area contributed by atoms with Crippen LogP contribution in [0.25, 0.3) is 5.69 Å². The molecule has 2 N–H and O–H groups in total. The number of benzene rings is 1. The highest BCUT2D eigenvalue weighted by Gasteiger charge is 2.01. The molecule has 2 aromatic heterocycles. The van der Waals surface area contributed by atoms with Crippen molar-refractivity contribution in [2.24, 2.45) is 4.99 Å². The fourth-order valence-corrected chi connectivity index (χ4v) is 3.17. The van der Waals surface area contributed by atoms with Crippen LogP contribution in [0.15, 0.2) is 53.1 Å². The largest absolute Gasteiger partial charge is 0.357 e. The molecule has 2 heterocycles. The summed E-state index contributed by atoms with van der Waals surface area (Å²) in [6.45, 7) is 6.38. The van der Waals surface area contributed by atoms with E-state index >= 15 is 0 Å². The number of nitrogens with one attached hydrogen (secondary N) is 2. The van der Waals surface area contributed by atoms with Gasteiger partial charge in [0.15, 0.2) is 5.96 Å². The predicted octanol–water partition coefficient (Wildman–Crippen LogP) is 3.55. The van der Waals surface area contributed by atoms with E-state index in [1.54, 1.807) is 17.5 Å². The van der Waals surface area contributed by atoms with Gasteiger partial charge < -0.3 is 10.6 Å². The van der Waals surface area contributed by atoms with Gasteiger partial charge in [0.05, 0.1) is 22.9 Å². The topological polar surface area (TPSA) is 67.1 Å². The molecule has 0 aliphatic rings. The summed E-state index contributed by atoms with van der Waals surface area (Å²) in [5.74, 6) is 0.829. The Morgan fingerprint density at radius 2 is 2.04 bits per heavy atom. The molecule has 0 aliphatic carbocycles. The van der Waals surface area contributed by atoms with Crippen molar-refractivity contribution in [3.63, 3.8) is 0 Å². The fraction of sp³-hybridized carbons (Fsp3) is 0.316. The Kier molecular flexibility index (Phi) is 8.73. The summed E-state index contributed by atoms with van der Waals surface area (Å²) in [5, 5.41) is 14.1. The molecule has 0 spiro atoms. The van der Waals surface area contributed by atoms with Crippen LogP contribution in [0.3, 0.4) is 0 Å². The highest BCUT2D eigenvalue weighted by atomic mass is 127. The molecule has 0 atom stereocenters. The molecule has 0 aliphatic heterocycles. The van der Waals surface area contributed by atoms with Gasteiger partial charge >= 0.3 is 0 Å². The number of aliphatic imine (C=N–C) groups is 1. The monoisotopic (exact) mass is 496 g/mol. The van der Waals surface area contributed by atoms with E-state index in [4.69, 9.17) is 0 Å². The van der Waals surface area contributed by atoms with E-state index in [1.807, 2.05) is 23.9 Å². The van der Waals surface area contributed by atoms with Gasteiger partial charge in [-0.1, -0.05) is 12.1 Å². The van der Waals surface area contributed by atoms with E-state index in [9.17, 15) is 0 Å². The first kappa shape index (κ1) is 21.4. The quantitative estimate of drug-likeness (QED) is 0.298. The first-order valence-electron chi connectivity index (χ1n) is 8.76. The SMILES string of the molecule is CCNC(=NCc1ccc(-n2cccn2)cc1)NCCc1csc(C)n1.I. The number of aryl methyl sites for hydroxylation is 1. The number of guanidine groups is 1. The van der Waals surface area contributed by atoms with Crippen LogP contribution in [-0.2, 0) is 13.0 Å². The van der Waals surface area contributed by atoms with Gasteiger partial charge in [-0.05, 0) is 37.6 Å². The zero-order chi connectivity index (χ0) is 18.2. The molecule has 3 aromatic rings. The standard InChI is InChI=1S/C19H24N6S.HI/c1-3-20-19(21-11-9-17-14-26-15(2)24-17)22-13-16-5-7-18(8-6-16)25-12-4-10-23-25;/h4-8,10,12,14H,3,9,11,13H2,1-2H3,(H2,20,21,22);1H. The first-order valence-corrected chi connectivity index (χ1v) is 9.64. The third-order valence-electron chi connectivity index (χ3n) is 3.81.